The maximum atomic E-state index is 12.7. The van der Waals surface area contributed by atoms with Crippen LogP contribution in [-0.2, 0) is 4.79 Å². The minimum Gasteiger partial charge on any atom is -0.492 e. The maximum Gasteiger partial charge on any atom is 0.233 e. The Kier molecular flexibility index (Phi) is 3.45. The highest BCUT2D eigenvalue weighted by atomic mass is 16.5. The van der Waals surface area contributed by atoms with Crippen LogP contribution in [0, 0.1) is 5.92 Å². The van der Waals surface area contributed by atoms with Crippen LogP contribution < -0.4 is 4.74 Å². The smallest absolute Gasteiger partial charge is 0.233 e. The van der Waals surface area contributed by atoms with E-state index in [1.165, 1.54) is 6.42 Å². The third-order valence-corrected chi connectivity index (χ3v) is 4.33. The van der Waals surface area contributed by atoms with E-state index in [1.54, 1.807) is 0 Å². The van der Waals surface area contributed by atoms with Crippen LogP contribution in [0.3, 0.4) is 0 Å². The molecule has 0 bridgehead atoms. The Morgan fingerprint density at radius 1 is 1.26 bits per heavy atom. The molecular formula is C16H21NO2. The molecule has 3 nitrogen and oxygen atoms in total. The van der Waals surface area contributed by atoms with Crippen molar-refractivity contribution in [3.63, 3.8) is 0 Å². The van der Waals surface area contributed by atoms with Crippen molar-refractivity contribution in [1.29, 1.82) is 0 Å². The summed E-state index contributed by atoms with van der Waals surface area (Å²) < 4.78 is 5.63. The Bertz CT molecular complexity index is 472. The number of carbonyl (C=O) groups excluding carboxylic acids is 1. The second kappa shape index (κ2) is 5.24. The van der Waals surface area contributed by atoms with Crippen molar-refractivity contribution in [3.05, 3.63) is 29.8 Å². The zero-order valence-electron chi connectivity index (χ0n) is 11.5. The van der Waals surface area contributed by atoms with E-state index in [0.717, 1.165) is 43.2 Å². The monoisotopic (exact) mass is 259 g/mol. The lowest BCUT2D eigenvalue weighted by Crippen LogP contribution is -2.36. The summed E-state index contributed by atoms with van der Waals surface area (Å²) in [7, 11) is 0. The highest BCUT2D eigenvalue weighted by Gasteiger charge is 2.33. The van der Waals surface area contributed by atoms with Gasteiger partial charge < -0.3 is 9.64 Å². The minimum atomic E-state index is -0.0930. The molecule has 0 aromatic heterocycles. The van der Waals surface area contributed by atoms with Gasteiger partial charge in [-0.1, -0.05) is 25.1 Å². The second-order valence-corrected chi connectivity index (χ2v) is 5.76. The van der Waals surface area contributed by atoms with Crippen molar-refractivity contribution in [3.8, 4) is 5.75 Å². The van der Waals surface area contributed by atoms with Crippen LogP contribution in [0.2, 0.25) is 0 Å². The lowest BCUT2D eigenvalue weighted by Gasteiger charge is -2.23. The molecule has 0 radical (unpaired) electrons. The Balaban J connectivity index is 1.74. The normalized spacial score (nSPS) is 26.5. The van der Waals surface area contributed by atoms with Gasteiger partial charge in [0.25, 0.3) is 0 Å². The van der Waals surface area contributed by atoms with E-state index in [-0.39, 0.29) is 11.8 Å². The number of fused-ring (bicyclic) bond motifs is 1. The van der Waals surface area contributed by atoms with Crippen LogP contribution in [0.5, 0.6) is 5.75 Å². The largest absolute Gasteiger partial charge is 0.492 e. The summed E-state index contributed by atoms with van der Waals surface area (Å²) in [5, 5.41) is 0. The van der Waals surface area contributed by atoms with E-state index in [1.807, 2.05) is 29.2 Å². The molecule has 1 saturated heterocycles. The van der Waals surface area contributed by atoms with Gasteiger partial charge in [0, 0.05) is 18.7 Å². The standard InChI is InChI=1S/C16H21NO2/c1-12-5-4-9-17(10-8-12)16(18)14-11-19-15-7-3-2-6-13(14)15/h2-3,6-7,12,14H,4-5,8-11H2,1H3. The first-order chi connectivity index (χ1) is 9.25. The Hall–Kier alpha value is -1.51. The van der Waals surface area contributed by atoms with E-state index >= 15 is 0 Å². The number of amides is 1. The fourth-order valence-corrected chi connectivity index (χ4v) is 3.07. The summed E-state index contributed by atoms with van der Waals surface area (Å²) >= 11 is 0. The molecule has 0 spiro atoms. The quantitative estimate of drug-likeness (QED) is 0.776. The first-order valence-corrected chi connectivity index (χ1v) is 7.26. The molecule has 3 rings (SSSR count). The van der Waals surface area contributed by atoms with Gasteiger partial charge in [-0.25, -0.2) is 0 Å². The molecule has 2 atom stereocenters. The number of hydrogen-bond donors (Lipinski definition) is 0. The predicted octanol–water partition coefficient (Wildman–Crippen LogP) is 2.81. The molecule has 0 N–H and O–H groups in total. The highest BCUT2D eigenvalue weighted by molar-refractivity contribution is 5.85. The molecule has 1 fully saturated rings. The second-order valence-electron chi connectivity index (χ2n) is 5.76. The van der Waals surface area contributed by atoms with Crippen LogP contribution in [0.25, 0.3) is 0 Å². The molecule has 0 aliphatic carbocycles. The van der Waals surface area contributed by atoms with Crippen molar-refractivity contribution < 1.29 is 9.53 Å². The molecule has 2 aliphatic heterocycles. The van der Waals surface area contributed by atoms with Gasteiger partial charge >= 0.3 is 0 Å². The molecule has 1 aromatic carbocycles. The molecule has 2 aliphatic rings. The zero-order chi connectivity index (χ0) is 13.2. The summed E-state index contributed by atoms with van der Waals surface area (Å²) in [6.07, 6.45) is 3.49. The summed E-state index contributed by atoms with van der Waals surface area (Å²) in [6.45, 7) is 4.59. The van der Waals surface area contributed by atoms with Crippen LogP contribution in [-0.4, -0.2) is 30.5 Å². The summed E-state index contributed by atoms with van der Waals surface area (Å²) in [6, 6.07) is 7.91. The van der Waals surface area contributed by atoms with Gasteiger partial charge in [-0.15, -0.1) is 0 Å². The van der Waals surface area contributed by atoms with Crippen LogP contribution in [0.4, 0.5) is 0 Å². The van der Waals surface area contributed by atoms with Crippen molar-refractivity contribution in [2.75, 3.05) is 19.7 Å². The Morgan fingerprint density at radius 3 is 3.00 bits per heavy atom. The third kappa shape index (κ3) is 2.46. The van der Waals surface area contributed by atoms with E-state index in [2.05, 4.69) is 6.92 Å². The SMILES string of the molecule is CC1CCCN(C(=O)C2COc3ccccc32)CC1. The predicted molar refractivity (Wildman–Crippen MR) is 74.3 cm³/mol. The highest BCUT2D eigenvalue weighted by Crippen LogP contribution is 2.35. The van der Waals surface area contributed by atoms with Crippen molar-refractivity contribution in [1.82, 2.24) is 4.90 Å². The molecular weight excluding hydrogens is 238 g/mol. The average Bonchev–Trinajstić information content (AvgIpc) is 2.74. The zero-order valence-corrected chi connectivity index (χ0v) is 11.5. The fraction of sp³-hybridized carbons (Fsp3) is 0.562. The number of benzene rings is 1. The summed E-state index contributed by atoms with van der Waals surface area (Å²) in [4.78, 5) is 14.7. The third-order valence-electron chi connectivity index (χ3n) is 4.33. The van der Waals surface area contributed by atoms with Gasteiger partial charge in [-0.2, -0.15) is 0 Å². The van der Waals surface area contributed by atoms with Crippen LogP contribution in [0.1, 0.15) is 37.7 Å². The number of para-hydroxylation sites is 1. The molecule has 0 saturated carbocycles. The molecule has 19 heavy (non-hydrogen) atoms. The lowest BCUT2D eigenvalue weighted by molar-refractivity contribution is -0.133. The Morgan fingerprint density at radius 2 is 2.11 bits per heavy atom. The fourth-order valence-electron chi connectivity index (χ4n) is 3.07. The number of nitrogens with zero attached hydrogens (tertiary/aromatic N) is 1. The van der Waals surface area contributed by atoms with Crippen molar-refractivity contribution >= 4 is 5.91 Å². The van der Waals surface area contributed by atoms with Gasteiger partial charge in [-0.3, -0.25) is 4.79 Å². The molecule has 2 unspecified atom stereocenters. The van der Waals surface area contributed by atoms with Gasteiger partial charge in [0.1, 0.15) is 18.3 Å². The number of rotatable bonds is 1. The number of likely N-dealkylation sites (tertiary alicyclic amines) is 1. The van der Waals surface area contributed by atoms with Gasteiger partial charge in [-0.05, 0) is 31.2 Å². The number of ether oxygens (including phenoxy) is 1. The number of hydrogen-bond acceptors (Lipinski definition) is 2. The maximum absolute atomic E-state index is 12.7. The summed E-state index contributed by atoms with van der Waals surface area (Å²) in [5.41, 5.74) is 1.06. The molecule has 102 valence electrons. The van der Waals surface area contributed by atoms with Crippen LogP contribution >= 0.6 is 0 Å². The lowest BCUT2D eigenvalue weighted by atomic mass is 9.99. The van der Waals surface area contributed by atoms with E-state index < -0.39 is 0 Å². The first kappa shape index (κ1) is 12.5. The van der Waals surface area contributed by atoms with Gasteiger partial charge in [0.05, 0.1) is 0 Å². The average molecular weight is 259 g/mol. The van der Waals surface area contributed by atoms with E-state index in [0.29, 0.717) is 6.61 Å². The molecule has 3 heteroatoms. The van der Waals surface area contributed by atoms with E-state index in [4.69, 9.17) is 4.74 Å². The van der Waals surface area contributed by atoms with Crippen LogP contribution in [0.15, 0.2) is 24.3 Å². The van der Waals surface area contributed by atoms with Crippen molar-refractivity contribution in [2.24, 2.45) is 5.92 Å². The van der Waals surface area contributed by atoms with Gasteiger partial charge in [0.15, 0.2) is 0 Å². The summed E-state index contributed by atoms with van der Waals surface area (Å²) in [5.74, 6) is 1.78. The first-order valence-electron chi connectivity index (χ1n) is 7.26. The molecule has 1 amide bonds. The van der Waals surface area contributed by atoms with Crippen molar-refractivity contribution in [2.45, 2.75) is 32.1 Å². The molecule has 1 aromatic rings. The van der Waals surface area contributed by atoms with E-state index in [9.17, 15) is 4.79 Å². The topological polar surface area (TPSA) is 29.5 Å². The minimum absolute atomic E-state index is 0.0930. The van der Waals surface area contributed by atoms with Gasteiger partial charge in [0.2, 0.25) is 5.91 Å². The molecule has 2 heterocycles. The Labute approximate surface area is 114 Å². The number of carbonyl (C=O) groups is 1.